The van der Waals surface area contributed by atoms with E-state index in [0.29, 0.717) is 32.0 Å². The first-order valence-electron chi connectivity index (χ1n) is 17.0. The molecular weight excluding hydrogens is 632 g/mol. The molecule has 0 radical (unpaired) electrons. The van der Waals surface area contributed by atoms with Crippen molar-refractivity contribution in [2.45, 2.75) is 109 Å². The number of carbonyl (C=O) groups excluding carboxylic acids is 3. The van der Waals surface area contributed by atoms with E-state index in [-0.39, 0.29) is 45.2 Å². The molecule has 278 valence electrons. The summed E-state index contributed by atoms with van der Waals surface area (Å²) in [5.41, 5.74) is 2.40. The van der Waals surface area contributed by atoms with Gasteiger partial charge in [-0.15, -0.1) is 0 Å². The summed E-state index contributed by atoms with van der Waals surface area (Å²) in [4.78, 5) is 75.2. The Kier molecular flexibility index (Phi) is 27.9. The van der Waals surface area contributed by atoms with Crippen molar-refractivity contribution in [3.63, 3.8) is 0 Å². The molecule has 0 spiro atoms. The minimum absolute atomic E-state index is 0.00481. The van der Waals surface area contributed by atoms with E-state index in [4.69, 9.17) is 24.9 Å². The molecule has 0 aliphatic carbocycles. The first-order valence-corrected chi connectivity index (χ1v) is 17.0. The highest BCUT2D eigenvalue weighted by Gasteiger charge is 2.21. The Morgan fingerprint density at radius 1 is 0.729 bits per heavy atom. The van der Waals surface area contributed by atoms with E-state index in [2.05, 4.69) is 17.7 Å². The van der Waals surface area contributed by atoms with Crippen LogP contribution in [0.3, 0.4) is 0 Å². The summed E-state index contributed by atoms with van der Waals surface area (Å²) in [6.45, 7) is 1.06. The van der Waals surface area contributed by atoms with Gasteiger partial charge < -0.3 is 40.1 Å². The number of hydrogen-bond acceptors (Lipinski definition) is 12. The second-order valence-electron chi connectivity index (χ2n) is 11.8. The Bertz CT molecular complexity index is 908. The predicted octanol–water partition coefficient (Wildman–Crippen LogP) is 1.43. The summed E-state index contributed by atoms with van der Waals surface area (Å²) in [5, 5.41) is 40.3. The standard InChI is InChI=1S/C32H58N4O12/c1-2-3-4-5-7-10-13-26(38)27(47-25-32(46)48-34-17-19-36(23-30(42)43)24-31(44)45)14-11-8-6-9-12-15-28(39)33-16-18-35(20-21-37)22-29(40)41/h21,26-27,34,38H,2-20,22-25H2,1H3,(H,33,39)(H,40,41)(H,42,43)(H,44,45). The number of aliphatic carboxylic acids is 3. The number of carboxylic acids is 3. The summed E-state index contributed by atoms with van der Waals surface area (Å²) in [6.07, 6.45) is 11.1. The maximum atomic E-state index is 12.2. The number of unbranched alkanes of at least 4 members (excludes halogenated alkanes) is 9. The minimum atomic E-state index is -1.18. The number of rotatable bonds is 34. The number of amides is 1. The molecule has 0 saturated carbocycles. The van der Waals surface area contributed by atoms with E-state index >= 15 is 0 Å². The van der Waals surface area contributed by atoms with E-state index in [9.17, 15) is 33.9 Å². The molecule has 0 rings (SSSR count). The van der Waals surface area contributed by atoms with Gasteiger partial charge in [-0.05, 0) is 19.3 Å². The third-order valence-electron chi connectivity index (χ3n) is 7.47. The lowest BCUT2D eigenvalue weighted by Gasteiger charge is -2.23. The summed E-state index contributed by atoms with van der Waals surface area (Å²) >= 11 is 0. The highest BCUT2D eigenvalue weighted by Crippen LogP contribution is 2.18. The van der Waals surface area contributed by atoms with Crippen molar-refractivity contribution in [1.82, 2.24) is 20.6 Å². The van der Waals surface area contributed by atoms with Gasteiger partial charge in [0.2, 0.25) is 5.91 Å². The normalized spacial score (nSPS) is 12.5. The Morgan fingerprint density at radius 2 is 1.27 bits per heavy atom. The van der Waals surface area contributed by atoms with Crippen molar-refractivity contribution in [1.29, 1.82) is 0 Å². The number of ether oxygens (including phenoxy) is 1. The lowest BCUT2D eigenvalue weighted by molar-refractivity contribution is -0.162. The molecule has 0 aromatic rings. The molecule has 0 aromatic heterocycles. The predicted molar refractivity (Wildman–Crippen MR) is 175 cm³/mol. The third-order valence-corrected chi connectivity index (χ3v) is 7.47. The first kappa shape index (κ1) is 44.8. The van der Waals surface area contributed by atoms with Crippen LogP contribution in [0, 0.1) is 0 Å². The summed E-state index contributed by atoms with van der Waals surface area (Å²) < 4.78 is 5.76. The monoisotopic (exact) mass is 690 g/mol. The van der Waals surface area contributed by atoms with E-state index in [1.165, 1.54) is 16.2 Å². The molecular formula is C32H58N4O12. The molecule has 6 N–H and O–H groups in total. The average Bonchev–Trinajstić information content (AvgIpc) is 3.01. The molecule has 48 heavy (non-hydrogen) atoms. The number of hydrogen-bond donors (Lipinski definition) is 6. The lowest BCUT2D eigenvalue weighted by atomic mass is 9.99. The number of hydroxylamine groups is 1. The maximum absolute atomic E-state index is 12.2. The molecule has 2 atom stereocenters. The number of nitrogens with one attached hydrogen (secondary N) is 2. The molecule has 2 unspecified atom stereocenters. The van der Waals surface area contributed by atoms with Gasteiger partial charge in [-0.2, -0.15) is 5.48 Å². The second-order valence-corrected chi connectivity index (χ2v) is 11.8. The number of nitrogens with zero attached hydrogens (tertiary/aromatic N) is 2. The van der Waals surface area contributed by atoms with Crippen molar-refractivity contribution >= 4 is 36.1 Å². The van der Waals surface area contributed by atoms with Gasteiger partial charge in [-0.25, -0.2) is 4.79 Å². The fourth-order valence-corrected chi connectivity index (χ4v) is 4.98. The van der Waals surface area contributed by atoms with Crippen LogP contribution in [-0.4, -0.2) is 137 Å². The van der Waals surface area contributed by atoms with Crippen LogP contribution < -0.4 is 10.8 Å². The smallest absolute Gasteiger partial charge is 0.350 e. The van der Waals surface area contributed by atoms with Crippen molar-refractivity contribution in [2.24, 2.45) is 0 Å². The maximum Gasteiger partial charge on any atom is 0.350 e. The highest BCUT2D eigenvalue weighted by atomic mass is 16.7. The largest absolute Gasteiger partial charge is 0.480 e. The Morgan fingerprint density at radius 3 is 1.88 bits per heavy atom. The SMILES string of the molecule is CCCCCCCCC(O)C(CCCCCCCC(=O)NCCN(CC=O)CC(=O)O)OCC(=O)ONCCN(CC(=O)O)CC(=O)O. The highest BCUT2D eigenvalue weighted by molar-refractivity contribution is 5.75. The average molecular weight is 691 g/mol. The Balaban J connectivity index is 4.52. The lowest BCUT2D eigenvalue weighted by Crippen LogP contribution is -2.40. The number of aldehydes is 1. The van der Waals surface area contributed by atoms with Crippen LogP contribution in [0.1, 0.15) is 96.8 Å². The fourth-order valence-electron chi connectivity index (χ4n) is 4.98. The number of carboxylic acid groups (broad SMARTS) is 3. The van der Waals surface area contributed by atoms with Crippen LogP contribution in [0.5, 0.6) is 0 Å². The molecule has 0 bridgehead atoms. The van der Waals surface area contributed by atoms with Crippen LogP contribution in [0.15, 0.2) is 0 Å². The quantitative estimate of drug-likeness (QED) is 0.0319. The number of aliphatic hydroxyl groups excluding tert-OH is 1. The third kappa shape index (κ3) is 27.9. The molecule has 0 aliphatic heterocycles. The zero-order chi connectivity index (χ0) is 36.0. The molecule has 0 fully saturated rings. The second kappa shape index (κ2) is 29.9. The zero-order valence-electron chi connectivity index (χ0n) is 28.4. The first-order chi connectivity index (χ1) is 23.0. The molecule has 16 nitrogen and oxygen atoms in total. The molecule has 0 aromatic carbocycles. The number of aliphatic hydroxyl groups is 1. The van der Waals surface area contributed by atoms with E-state index in [1.807, 2.05) is 0 Å². The number of carbonyl (C=O) groups is 6. The van der Waals surface area contributed by atoms with E-state index < -0.39 is 55.8 Å². The van der Waals surface area contributed by atoms with Crippen LogP contribution in [0.25, 0.3) is 0 Å². The van der Waals surface area contributed by atoms with Gasteiger partial charge in [0.25, 0.3) is 0 Å². The molecule has 1 amide bonds. The van der Waals surface area contributed by atoms with Crippen molar-refractivity contribution < 1.29 is 58.8 Å². The van der Waals surface area contributed by atoms with Gasteiger partial charge >= 0.3 is 23.9 Å². The molecule has 0 saturated heterocycles. The van der Waals surface area contributed by atoms with Crippen molar-refractivity contribution in [3.8, 4) is 0 Å². The summed E-state index contributed by atoms with van der Waals surface area (Å²) in [6, 6.07) is 0. The van der Waals surface area contributed by atoms with Crippen LogP contribution in [0.4, 0.5) is 0 Å². The van der Waals surface area contributed by atoms with E-state index in [0.717, 1.165) is 57.8 Å². The van der Waals surface area contributed by atoms with Crippen LogP contribution >= 0.6 is 0 Å². The summed E-state index contributed by atoms with van der Waals surface area (Å²) in [7, 11) is 0. The molecule has 0 aliphatic rings. The van der Waals surface area contributed by atoms with Crippen LogP contribution in [-0.2, 0) is 38.3 Å². The molecule has 16 heteroatoms. The Hall–Kier alpha value is -3.18. The Labute approximate surface area is 283 Å². The van der Waals surface area contributed by atoms with Gasteiger partial charge in [-0.3, -0.25) is 29.0 Å². The van der Waals surface area contributed by atoms with Gasteiger partial charge in [0.1, 0.15) is 12.9 Å². The summed E-state index contributed by atoms with van der Waals surface area (Å²) in [5.74, 6) is -4.26. The van der Waals surface area contributed by atoms with Crippen molar-refractivity contribution in [2.75, 3.05) is 59.0 Å². The molecule has 0 heterocycles. The fraction of sp³-hybridized carbons (Fsp3) is 0.812. The van der Waals surface area contributed by atoms with Gasteiger partial charge in [0.05, 0.1) is 38.4 Å². The van der Waals surface area contributed by atoms with Gasteiger partial charge in [0, 0.05) is 32.6 Å². The van der Waals surface area contributed by atoms with Gasteiger partial charge in [-0.1, -0.05) is 71.1 Å². The minimum Gasteiger partial charge on any atom is -0.480 e. The van der Waals surface area contributed by atoms with Crippen molar-refractivity contribution in [3.05, 3.63) is 0 Å². The zero-order valence-corrected chi connectivity index (χ0v) is 28.4. The van der Waals surface area contributed by atoms with Gasteiger partial charge in [0.15, 0.2) is 0 Å². The van der Waals surface area contributed by atoms with Crippen LogP contribution in [0.2, 0.25) is 0 Å². The van der Waals surface area contributed by atoms with E-state index in [1.54, 1.807) is 0 Å². The topological polar surface area (TPSA) is 232 Å².